The van der Waals surface area contributed by atoms with Gasteiger partial charge in [0.15, 0.2) is 0 Å². The van der Waals surface area contributed by atoms with E-state index in [0.29, 0.717) is 5.02 Å². The number of carbonyl (C=O) groups excluding carboxylic acids is 1. The smallest absolute Gasteiger partial charge is 0.326 e. The monoisotopic (exact) mass is 384 g/mol. The zero-order valence-corrected chi connectivity index (χ0v) is 14.5. The zero-order chi connectivity index (χ0) is 18.6. The molecule has 0 radical (unpaired) electrons. The summed E-state index contributed by atoms with van der Waals surface area (Å²) in [5.41, 5.74) is -0.0434. The highest BCUT2D eigenvalue weighted by Gasteiger charge is 2.28. The number of nitro groups is 1. The third-order valence-corrected chi connectivity index (χ3v) is 5.29. The maximum absolute atomic E-state index is 12.9. The van der Waals surface area contributed by atoms with E-state index in [1.807, 2.05) is 0 Å². The van der Waals surface area contributed by atoms with Crippen LogP contribution in [0.25, 0.3) is 0 Å². The first-order chi connectivity index (χ1) is 11.8. The van der Waals surface area contributed by atoms with E-state index in [1.165, 1.54) is 24.3 Å². The largest absolute Gasteiger partial charge is 0.468 e. The minimum atomic E-state index is -4.15. The Kier molecular flexibility index (Phi) is 5.60. The Morgan fingerprint density at radius 1 is 1.16 bits per heavy atom. The van der Waals surface area contributed by atoms with Gasteiger partial charge in [-0.15, -0.1) is 0 Å². The molecule has 0 amide bonds. The average molecular weight is 385 g/mol. The summed E-state index contributed by atoms with van der Waals surface area (Å²) in [4.78, 5) is 21.5. The molecule has 0 saturated carbocycles. The highest BCUT2D eigenvalue weighted by Crippen LogP contribution is 2.26. The second kappa shape index (κ2) is 7.49. The Hall–Kier alpha value is -2.65. The van der Waals surface area contributed by atoms with Crippen molar-refractivity contribution < 1.29 is 22.9 Å². The molecular weight excluding hydrogens is 372 g/mol. The molecule has 0 aliphatic rings. The lowest BCUT2D eigenvalue weighted by Crippen LogP contribution is -2.36. The number of benzene rings is 2. The summed E-state index contributed by atoms with van der Waals surface area (Å²) in [6.07, 6.45) is 0. The van der Waals surface area contributed by atoms with Gasteiger partial charge in [-0.05, 0) is 36.4 Å². The van der Waals surface area contributed by atoms with Crippen molar-refractivity contribution >= 4 is 39.0 Å². The molecule has 0 aliphatic carbocycles. The number of esters is 1. The molecule has 0 heterocycles. The molecule has 0 saturated heterocycles. The van der Waals surface area contributed by atoms with Crippen molar-refractivity contribution in [3.8, 4) is 0 Å². The molecule has 0 aromatic heterocycles. The minimum Gasteiger partial charge on any atom is -0.468 e. The van der Waals surface area contributed by atoms with Crippen molar-refractivity contribution in [3.05, 3.63) is 63.7 Å². The van der Waals surface area contributed by atoms with Gasteiger partial charge >= 0.3 is 5.97 Å². The van der Waals surface area contributed by atoms with Crippen LogP contribution < -0.4 is 4.31 Å². The van der Waals surface area contributed by atoms with E-state index in [1.54, 1.807) is 0 Å². The number of ether oxygens (including phenoxy) is 1. The fourth-order valence-corrected chi connectivity index (χ4v) is 3.51. The number of carbonyl (C=O) groups is 1. The average Bonchev–Trinajstić information content (AvgIpc) is 2.60. The zero-order valence-electron chi connectivity index (χ0n) is 13.0. The lowest BCUT2D eigenvalue weighted by atomic mass is 10.3. The van der Waals surface area contributed by atoms with Crippen molar-refractivity contribution in [1.82, 2.24) is 0 Å². The molecule has 0 N–H and O–H groups in total. The van der Waals surface area contributed by atoms with Gasteiger partial charge in [-0.25, -0.2) is 8.42 Å². The predicted molar refractivity (Wildman–Crippen MR) is 91.1 cm³/mol. The number of hydrogen-bond donors (Lipinski definition) is 0. The Morgan fingerprint density at radius 2 is 1.72 bits per heavy atom. The van der Waals surface area contributed by atoms with Crippen molar-refractivity contribution in [2.75, 3.05) is 18.0 Å². The van der Waals surface area contributed by atoms with Gasteiger partial charge in [0.2, 0.25) is 0 Å². The van der Waals surface area contributed by atoms with Crippen molar-refractivity contribution in [2.45, 2.75) is 4.90 Å². The lowest BCUT2D eigenvalue weighted by Gasteiger charge is -2.23. The first kappa shape index (κ1) is 18.7. The summed E-state index contributed by atoms with van der Waals surface area (Å²) in [6, 6.07) is 10.2. The summed E-state index contributed by atoms with van der Waals surface area (Å²) in [7, 11) is -3.01. The lowest BCUT2D eigenvalue weighted by molar-refractivity contribution is -0.384. The van der Waals surface area contributed by atoms with Crippen LogP contribution in [-0.2, 0) is 19.6 Å². The number of nitrogens with zero attached hydrogens (tertiary/aromatic N) is 2. The number of nitro benzene ring substituents is 1. The standard InChI is InChI=1S/C15H13ClN2O6S/c1-24-15(19)10-17(12-4-2-11(16)3-5-12)25(22,23)14-8-6-13(7-9-14)18(20)21/h2-9H,10H2,1H3. The predicted octanol–water partition coefficient (Wildman–Crippen LogP) is 2.62. The molecule has 25 heavy (non-hydrogen) atoms. The van der Waals surface area contributed by atoms with E-state index in [0.717, 1.165) is 35.7 Å². The number of anilines is 1. The molecule has 0 fully saturated rings. The summed E-state index contributed by atoms with van der Waals surface area (Å²) >= 11 is 5.80. The molecule has 10 heteroatoms. The second-order valence-electron chi connectivity index (χ2n) is 4.82. The molecule has 0 atom stereocenters. The van der Waals surface area contributed by atoms with E-state index in [4.69, 9.17) is 11.6 Å². The van der Waals surface area contributed by atoms with Crippen LogP contribution in [0.1, 0.15) is 0 Å². The van der Waals surface area contributed by atoms with E-state index in [-0.39, 0.29) is 16.3 Å². The van der Waals surface area contributed by atoms with Gasteiger partial charge in [0.1, 0.15) is 6.54 Å². The number of halogens is 1. The van der Waals surface area contributed by atoms with Crippen molar-refractivity contribution in [1.29, 1.82) is 0 Å². The van der Waals surface area contributed by atoms with Crippen LogP contribution >= 0.6 is 11.6 Å². The number of methoxy groups -OCH3 is 1. The Morgan fingerprint density at radius 3 is 2.20 bits per heavy atom. The molecule has 0 unspecified atom stereocenters. The molecular formula is C15H13ClN2O6S. The van der Waals surface area contributed by atoms with E-state index in [9.17, 15) is 23.3 Å². The normalized spacial score (nSPS) is 11.0. The highest BCUT2D eigenvalue weighted by molar-refractivity contribution is 7.92. The first-order valence-corrected chi connectivity index (χ1v) is 8.67. The van der Waals surface area contributed by atoms with E-state index in [2.05, 4.69) is 4.74 Å². The number of rotatable bonds is 6. The fraction of sp³-hybridized carbons (Fsp3) is 0.133. The van der Waals surface area contributed by atoms with Crippen LogP contribution in [0.3, 0.4) is 0 Å². The van der Waals surface area contributed by atoms with E-state index < -0.39 is 27.5 Å². The van der Waals surface area contributed by atoms with Gasteiger partial charge in [0, 0.05) is 17.2 Å². The number of non-ortho nitro benzene ring substituents is 1. The summed E-state index contributed by atoms with van der Waals surface area (Å²) in [5.74, 6) is -0.763. The van der Waals surface area contributed by atoms with E-state index >= 15 is 0 Å². The summed E-state index contributed by atoms with van der Waals surface area (Å²) in [6.45, 7) is -0.558. The molecule has 0 bridgehead atoms. The maximum Gasteiger partial charge on any atom is 0.326 e. The third-order valence-electron chi connectivity index (χ3n) is 3.25. The van der Waals surface area contributed by atoms with Crippen LogP contribution in [0.5, 0.6) is 0 Å². The molecule has 2 rings (SSSR count). The minimum absolute atomic E-state index is 0.197. The quantitative estimate of drug-likeness (QED) is 0.430. The Balaban J connectivity index is 2.48. The maximum atomic E-state index is 12.9. The third kappa shape index (κ3) is 4.25. The van der Waals surface area contributed by atoms with Crippen LogP contribution in [0.4, 0.5) is 11.4 Å². The summed E-state index contributed by atoms with van der Waals surface area (Å²) < 4.78 is 31.1. The topological polar surface area (TPSA) is 107 Å². The molecule has 0 aliphatic heterocycles. The van der Waals surface area contributed by atoms with Gasteiger partial charge in [0.25, 0.3) is 15.7 Å². The van der Waals surface area contributed by atoms with Crippen molar-refractivity contribution in [3.63, 3.8) is 0 Å². The van der Waals surface area contributed by atoms with Gasteiger partial charge in [-0.3, -0.25) is 19.2 Å². The van der Waals surface area contributed by atoms with Crippen LogP contribution in [-0.4, -0.2) is 33.0 Å². The summed E-state index contributed by atoms with van der Waals surface area (Å²) in [5, 5.41) is 11.1. The fourth-order valence-electron chi connectivity index (χ4n) is 1.97. The molecule has 2 aromatic carbocycles. The Bertz CT molecular complexity index is 881. The molecule has 2 aromatic rings. The number of sulfonamides is 1. The number of hydrogen-bond acceptors (Lipinski definition) is 6. The Labute approximate surface area is 148 Å². The van der Waals surface area contributed by atoms with Gasteiger partial charge in [-0.2, -0.15) is 0 Å². The first-order valence-electron chi connectivity index (χ1n) is 6.85. The molecule has 132 valence electrons. The van der Waals surface area contributed by atoms with Gasteiger partial charge in [-0.1, -0.05) is 11.6 Å². The van der Waals surface area contributed by atoms with Crippen molar-refractivity contribution in [2.24, 2.45) is 0 Å². The van der Waals surface area contributed by atoms with Gasteiger partial charge in [0.05, 0.1) is 22.6 Å². The molecule has 0 spiro atoms. The molecule has 8 nitrogen and oxygen atoms in total. The van der Waals surface area contributed by atoms with Crippen LogP contribution in [0.15, 0.2) is 53.4 Å². The highest BCUT2D eigenvalue weighted by atomic mass is 35.5. The van der Waals surface area contributed by atoms with Crippen LogP contribution in [0, 0.1) is 10.1 Å². The van der Waals surface area contributed by atoms with Crippen LogP contribution in [0.2, 0.25) is 5.02 Å². The second-order valence-corrected chi connectivity index (χ2v) is 7.11. The SMILES string of the molecule is COC(=O)CN(c1ccc(Cl)cc1)S(=O)(=O)c1ccc([N+](=O)[O-])cc1. The van der Waals surface area contributed by atoms with Gasteiger partial charge < -0.3 is 4.74 Å².